The Morgan fingerprint density at radius 1 is 1.35 bits per heavy atom. The van der Waals surface area contributed by atoms with E-state index in [0.29, 0.717) is 6.10 Å². The molecule has 1 fully saturated rings. The van der Waals surface area contributed by atoms with Crippen molar-refractivity contribution in [1.82, 2.24) is 9.88 Å². The zero-order valence-electron chi connectivity index (χ0n) is 12.3. The minimum Gasteiger partial charge on any atom is -0.376 e. The third-order valence-electron chi connectivity index (χ3n) is 4.07. The third kappa shape index (κ3) is 2.89. The average molecular weight is 272 g/mol. The van der Waals surface area contributed by atoms with Crippen molar-refractivity contribution < 1.29 is 4.74 Å². The first-order chi connectivity index (χ1) is 9.88. The number of rotatable bonds is 6. The molecule has 1 aliphatic heterocycles. The standard InChI is InChI=1S/C17H24N2O/c1-2-9-18-12-14-5-3-7-17-16(14)8-10-19(17)13-15-6-4-11-20-15/h3,5,7-8,10,15,18H,2,4,6,9,11-13H2,1H3. The minimum atomic E-state index is 0.396. The maximum atomic E-state index is 5.75. The summed E-state index contributed by atoms with van der Waals surface area (Å²) in [6, 6.07) is 8.85. The lowest BCUT2D eigenvalue weighted by atomic mass is 10.1. The Hall–Kier alpha value is -1.32. The summed E-state index contributed by atoms with van der Waals surface area (Å²) in [5.41, 5.74) is 2.72. The van der Waals surface area contributed by atoms with Gasteiger partial charge >= 0.3 is 0 Å². The van der Waals surface area contributed by atoms with Gasteiger partial charge in [0.2, 0.25) is 0 Å². The number of aromatic nitrogens is 1. The van der Waals surface area contributed by atoms with Crippen LogP contribution in [0.3, 0.4) is 0 Å². The van der Waals surface area contributed by atoms with Crippen molar-refractivity contribution in [2.75, 3.05) is 13.2 Å². The van der Waals surface area contributed by atoms with E-state index in [-0.39, 0.29) is 0 Å². The van der Waals surface area contributed by atoms with E-state index >= 15 is 0 Å². The van der Waals surface area contributed by atoms with Gasteiger partial charge in [-0.15, -0.1) is 0 Å². The molecule has 0 amide bonds. The summed E-state index contributed by atoms with van der Waals surface area (Å²) in [5, 5.41) is 4.86. The molecule has 0 saturated carbocycles. The lowest BCUT2D eigenvalue weighted by molar-refractivity contribution is 0.0980. The Labute approximate surface area is 120 Å². The molecular weight excluding hydrogens is 248 g/mol. The van der Waals surface area contributed by atoms with Crippen LogP contribution in [0.4, 0.5) is 0 Å². The fourth-order valence-corrected chi connectivity index (χ4v) is 3.01. The van der Waals surface area contributed by atoms with Crippen LogP contribution >= 0.6 is 0 Å². The van der Waals surface area contributed by atoms with Crippen LogP contribution < -0.4 is 5.32 Å². The number of benzene rings is 1. The summed E-state index contributed by atoms with van der Waals surface area (Å²) in [6.07, 6.45) is 6.17. The predicted octanol–water partition coefficient (Wildman–Crippen LogP) is 3.32. The topological polar surface area (TPSA) is 26.2 Å². The molecule has 1 unspecified atom stereocenters. The highest BCUT2D eigenvalue weighted by Gasteiger charge is 2.16. The van der Waals surface area contributed by atoms with Crippen molar-refractivity contribution in [2.24, 2.45) is 0 Å². The Morgan fingerprint density at radius 2 is 2.30 bits per heavy atom. The van der Waals surface area contributed by atoms with Gasteiger partial charge in [-0.25, -0.2) is 0 Å². The van der Waals surface area contributed by atoms with E-state index in [1.807, 2.05) is 0 Å². The second kappa shape index (κ2) is 6.42. The first kappa shape index (κ1) is 13.7. The maximum absolute atomic E-state index is 5.75. The van der Waals surface area contributed by atoms with Gasteiger partial charge in [0.1, 0.15) is 0 Å². The van der Waals surface area contributed by atoms with Crippen molar-refractivity contribution in [1.29, 1.82) is 0 Å². The average Bonchev–Trinajstić information content (AvgIpc) is 3.11. The van der Waals surface area contributed by atoms with Crippen LogP contribution in [-0.2, 0) is 17.8 Å². The molecule has 1 N–H and O–H groups in total. The third-order valence-corrected chi connectivity index (χ3v) is 4.07. The summed E-state index contributed by atoms with van der Waals surface area (Å²) < 4.78 is 8.09. The van der Waals surface area contributed by atoms with E-state index in [1.165, 1.54) is 35.7 Å². The van der Waals surface area contributed by atoms with Crippen LogP contribution in [0.25, 0.3) is 10.9 Å². The zero-order valence-corrected chi connectivity index (χ0v) is 12.3. The number of hydrogen-bond donors (Lipinski definition) is 1. The second-order valence-corrected chi connectivity index (χ2v) is 5.63. The summed E-state index contributed by atoms with van der Waals surface area (Å²) in [6.45, 7) is 6.14. The van der Waals surface area contributed by atoms with Crippen LogP contribution in [0.2, 0.25) is 0 Å². The van der Waals surface area contributed by atoms with Gasteiger partial charge in [0.25, 0.3) is 0 Å². The molecule has 20 heavy (non-hydrogen) atoms. The minimum absolute atomic E-state index is 0.396. The van der Waals surface area contributed by atoms with Crippen LogP contribution in [0.15, 0.2) is 30.5 Å². The Morgan fingerprint density at radius 3 is 3.10 bits per heavy atom. The van der Waals surface area contributed by atoms with E-state index in [2.05, 4.69) is 47.3 Å². The van der Waals surface area contributed by atoms with Gasteiger partial charge in [0, 0.05) is 36.8 Å². The highest BCUT2D eigenvalue weighted by Crippen LogP contribution is 2.22. The first-order valence-electron chi connectivity index (χ1n) is 7.77. The molecule has 108 valence electrons. The highest BCUT2D eigenvalue weighted by atomic mass is 16.5. The molecule has 1 saturated heterocycles. The van der Waals surface area contributed by atoms with Gasteiger partial charge in [-0.1, -0.05) is 19.1 Å². The molecular formula is C17H24N2O. The van der Waals surface area contributed by atoms with E-state index in [4.69, 9.17) is 4.74 Å². The molecule has 0 spiro atoms. The molecule has 3 nitrogen and oxygen atoms in total. The molecule has 2 heterocycles. The van der Waals surface area contributed by atoms with Crippen LogP contribution in [0.1, 0.15) is 31.7 Å². The van der Waals surface area contributed by atoms with Crippen LogP contribution in [0.5, 0.6) is 0 Å². The number of ether oxygens (including phenoxy) is 1. The molecule has 1 atom stereocenters. The quantitative estimate of drug-likeness (QED) is 0.816. The second-order valence-electron chi connectivity index (χ2n) is 5.63. The maximum Gasteiger partial charge on any atom is 0.0754 e. The number of nitrogens with one attached hydrogen (secondary N) is 1. The molecule has 2 aromatic rings. The molecule has 0 bridgehead atoms. The SMILES string of the molecule is CCCNCc1cccc2c1ccn2CC1CCCO1. The summed E-state index contributed by atoms with van der Waals surface area (Å²) in [4.78, 5) is 0. The molecule has 1 aromatic carbocycles. The van der Waals surface area contributed by atoms with Gasteiger partial charge in [0.05, 0.1) is 6.10 Å². The van der Waals surface area contributed by atoms with Gasteiger partial charge in [-0.2, -0.15) is 0 Å². The van der Waals surface area contributed by atoms with Gasteiger partial charge < -0.3 is 14.6 Å². The Balaban J connectivity index is 1.79. The Kier molecular flexibility index (Phi) is 4.38. The van der Waals surface area contributed by atoms with Crippen molar-refractivity contribution in [3.8, 4) is 0 Å². The summed E-state index contributed by atoms with van der Waals surface area (Å²) >= 11 is 0. The monoisotopic (exact) mass is 272 g/mol. The summed E-state index contributed by atoms with van der Waals surface area (Å²) in [7, 11) is 0. The zero-order chi connectivity index (χ0) is 13.8. The molecule has 0 radical (unpaired) electrons. The molecule has 1 aliphatic rings. The van der Waals surface area contributed by atoms with E-state index < -0.39 is 0 Å². The Bertz CT molecular complexity index is 555. The molecule has 0 aliphatic carbocycles. The number of fused-ring (bicyclic) bond motifs is 1. The van der Waals surface area contributed by atoms with E-state index in [1.54, 1.807) is 0 Å². The molecule has 3 rings (SSSR count). The van der Waals surface area contributed by atoms with Gasteiger partial charge in [-0.05, 0) is 43.5 Å². The normalized spacial score (nSPS) is 18.9. The van der Waals surface area contributed by atoms with E-state index in [9.17, 15) is 0 Å². The molecule has 3 heteroatoms. The van der Waals surface area contributed by atoms with Crippen molar-refractivity contribution in [3.63, 3.8) is 0 Å². The first-order valence-corrected chi connectivity index (χ1v) is 7.77. The largest absolute Gasteiger partial charge is 0.376 e. The lowest BCUT2D eigenvalue weighted by Crippen LogP contribution is -2.15. The fourth-order valence-electron chi connectivity index (χ4n) is 3.01. The smallest absolute Gasteiger partial charge is 0.0754 e. The summed E-state index contributed by atoms with van der Waals surface area (Å²) in [5.74, 6) is 0. The van der Waals surface area contributed by atoms with Crippen molar-refractivity contribution in [3.05, 3.63) is 36.0 Å². The fraction of sp³-hybridized carbons (Fsp3) is 0.529. The number of hydrogen-bond acceptors (Lipinski definition) is 2. The highest BCUT2D eigenvalue weighted by molar-refractivity contribution is 5.83. The van der Waals surface area contributed by atoms with Crippen molar-refractivity contribution in [2.45, 2.75) is 45.4 Å². The van der Waals surface area contributed by atoms with Crippen molar-refractivity contribution >= 4 is 10.9 Å². The van der Waals surface area contributed by atoms with E-state index in [0.717, 1.165) is 26.2 Å². The lowest BCUT2D eigenvalue weighted by Gasteiger charge is -2.12. The predicted molar refractivity (Wildman–Crippen MR) is 82.9 cm³/mol. The van der Waals surface area contributed by atoms with Crippen LogP contribution in [0, 0.1) is 0 Å². The van der Waals surface area contributed by atoms with Crippen LogP contribution in [-0.4, -0.2) is 23.8 Å². The van der Waals surface area contributed by atoms with Gasteiger partial charge in [-0.3, -0.25) is 0 Å². The molecule has 1 aromatic heterocycles. The number of nitrogens with zero attached hydrogens (tertiary/aromatic N) is 1. The van der Waals surface area contributed by atoms with Gasteiger partial charge in [0.15, 0.2) is 0 Å².